The molecule has 0 amide bonds. The topological polar surface area (TPSA) is 48.9 Å². The van der Waals surface area contributed by atoms with Gasteiger partial charge < -0.3 is 15.4 Å². The molecule has 0 bridgehead atoms. The maximum atomic E-state index is 5.42. The van der Waals surface area contributed by atoms with Crippen molar-refractivity contribution in [2.24, 2.45) is 4.99 Å². The van der Waals surface area contributed by atoms with Crippen molar-refractivity contribution >= 4 is 5.96 Å². The third kappa shape index (κ3) is 5.86. The van der Waals surface area contributed by atoms with Crippen LogP contribution in [-0.2, 0) is 24.4 Å². The van der Waals surface area contributed by atoms with Crippen molar-refractivity contribution in [3.63, 3.8) is 0 Å². The zero-order chi connectivity index (χ0) is 18.0. The predicted molar refractivity (Wildman–Crippen MR) is 106 cm³/mol. The Morgan fingerprint density at radius 3 is 2.31 bits per heavy atom. The Morgan fingerprint density at radius 1 is 0.923 bits per heavy atom. The van der Waals surface area contributed by atoms with Crippen LogP contribution in [0.2, 0.25) is 0 Å². The van der Waals surface area contributed by atoms with Crippen molar-refractivity contribution in [3.8, 4) is 0 Å². The minimum atomic E-state index is 0.755. The van der Waals surface area contributed by atoms with Crippen LogP contribution in [0.1, 0.15) is 16.7 Å². The summed E-state index contributed by atoms with van der Waals surface area (Å²) >= 11 is 0. The molecule has 0 aromatic heterocycles. The summed E-state index contributed by atoms with van der Waals surface area (Å²) < 4.78 is 5.42. The van der Waals surface area contributed by atoms with Crippen LogP contribution in [0.15, 0.2) is 59.6 Å². The number of morpholine rings is 1. The standard InChI is InChI=1S/C21H28N4O/c1-22-21(23-15-18-6-3-2-4-7-18)24-16-19-8-5-9-20(14-19)17-25-10-12-26-13-11-25/h2-9,14H,10-13,15-17H2,1H3,(H2,22,23,24). The van der Waals surface area contributed by atoms with Crippen LogP contribution >= 0.6 is 0 Å². The summed E-state index contributed by atoms with van der Waals surface area (Å²) in [6.45, 7) is 6.20. The van der Waals surface area contributed by atoms with E-state index >= 15 is 0 Å². The van der Waals surface area contributed by atoms with Gasteiger partial charge in [-0.3, -0.25) is 9.89 Å². The van der Waals surface area contributed by atoms with Crippen LogP contribution in [0, 0.1) is 0 Å². The minimum Gasteiger partial charge on any atom is -0.379 e. The molecular weight excluding hydrogens is 324 g/mol. The van der Waals surface area contributed by atoms with Crippen LogP contribution in [0.4, 0.5) is 0 Å². The fourth-order valence-electron chi connectivity index (χ4n) is 3.04. The lowest BCUT2D eigenvalue weighted by Crippen LogP contribution is -2.36. The van der Waals surface area contributed by atoms with Gasteiger partial charge in [0.1, 0.15) is 0 Å². The molecule has 0 aliphatic carbocycles. The van der Waals surface area contributed by atoms with Gasteiger partial charge in [-0.25, -0.2) is 0 Å². The molecule has 1 heterocycles. The van der Waals surface area contributed by atoms with Crippen LogP contribution < -0.4 is 10.6 Å². The number of nitrogens with zero attached hydrogens (tertiary/aromatic N) is 2. The molecule has 2 aromatic rings. The van der Waals surface area contributed by atoms with Gasteiger partial charge in [-0.1, -0.05) is 54.6 Å². The van der Waals surface area contributed by atoms with Crippen LogP contribution in [0.25, 0.3) is 0 Å². The highest BCUT2D eigenvalue weighted by molar-refractivity contribution is 5.79. The molecule has 0 unspecified atom stereocenters. The molecule has 138 valence electrons. The molecule has 0 saturated carbocycles. The maximum Gasteiger partial charge on any atom is 0.191 e. The molecule has 2 aromatic carbocycles. The summed E-state index contributed by atoms with van der Waals surface area (Å²) in [6, 6.07) is 19.1. The van der Waals surface area contributed by atoms with E-state index < -0.39 is 0 Å². The van der Waals surface area contributed by atoms with Crippen molar-refractivity contribution in [2.45, 2.75) is 19.6 Å². The number of aliphatic imine (C=N–C) groups is 1. The number of hydrogen-bond acceptors (Lipinski definition) is 3. The van der Waals surface area contributed by atoms with E-state index in [1.807, 2.05) is 18.2 Å². The lowest BCUT2D eigenvalue weighted by molar-refractivity contribution is 0.0342. The van der Waals surface area contributed by atoms with Gasteiger partial charge in [-0.2, -0.15) is 0 Å². The van der Waals surface area contributed by atoms with E-state index in [-0.39, 0.29) is 0 Å². The second-order valence-corrected chi connectivity index (χ2v) is 6.47. The van der Waals surface area contributed by atoms with E-state index in [0.717, 1.165) is 51.9 Å². The average molecular weight is 352 g/mol. The lowest BCUT2D eigenvalue weighted by Gasteiger charge is -2.26. The first-order valence-corrected chi connectivity index (χ1v) is 9.20. The first-order valence-electron chi connectivity index (χ1n) is 9.20. The number of guanidine groups is 1. The molecule has 0 atom stereocenters. The van der Waals surface area contributed by atoms with Crippen molar-refractivity contribution in [2.75, 3.05) is 33.4 Å². The zero-order valence-electron chi connectivity index (χ0n) is 15.4. The SMILES string of the molecule is CN=C(NCc1ccccc1)NCc1cccc(CN2CCOCC2)c1. The lowest BCUT2D eigenvalue weighted by atomic mass is 10.1. The summed E-state index contributed by atoms with van der Waals surface area (Å²) in [6.07, 6.45) is 0. The van der Waals surface area contributed by atoms with Gasteiger partial charge in [0.05, 0.1) is 13.2 Å². The van der Waals surface area contributed by atoms with Crippen LogP contribution in [0.5, 0.6) is 0 Å². The molecule has 0 spiro atoms. The second kappa shape index (κ2) is 9.94. The Labute approximate surface area is 156 Å². The summed E-state index contributed by atoms with van der Waals surface area (Å²) in [5.41, 5.74) is 3.85. The van der Waals surface area contributed by atoms with Crippen LogP contribution in [0.3, 0.4) is 0 Å². The fraction of sp³-hybridized carbons (Fsp3) is 0.381. The molecule has 1 aliphatic rings. The Balaban J connectivity index is 1.49. The number of nitrogens with one attached hydrogen (secondary N) is 2. The predicted octanol–water partition coefficient (Wildman–Crippen LogP) is 2.38. The van der Waals surface area contributed by atoms with E-state index in [2.05, 4.69) is 56.9 Å². The third-order valence-corrected chi connectivity index (χ3v) is 4.49. The third-order valence-electron chi connectivity index (χ3n) is 4.49. The molecule has 3 rings (SSSR count). The monoisotopic (exact) mass is 352 g/mol. The van der Waals surface area contributed by atoms with Gasteiger partial charge in [0.25, 0.3) is 0 Å². The minimum absolute atomic E-state index is 0.755. The summed E-state index contributed by atoms with van der Waals surface area (Å²) in [4.78, 5) is 6.75. The van der Waals surface area contributed by atoms with Gasteiger partial charge in [0.2, 0.25) is 0 Å². The van der Waals surface area contributed by atoms with Gasteiger partial charge in [0.15, 0.2) is 5.96 Å². The number of hydrogen-bond donors (Lipinski definition) is 2. The quantitative estimate of drug-likeness (QED) is 0.619. The number of ether oxygens (including phenoxy) is 1. The van der Waals surface area contributed by atoms with Gasteiger partial charge in [-0.05, 0) is 16.7 Å². The van der Waals surface area contributed by atoms with Crippen LogP contribution in [-0.4, -0.2) is 44.2 Å². The Bertz CT molecular complexity index is 696. The highest BCUT2D eigenvalue weighted by atomic mass is 16.5. The molecule has 0 radical (unpaired) electrons. The van der Waals surface area contributed by atoms with E-state index in [1.165, 1.54) is 16.7 Å². The molecule has 26 heavy (non-hydrogen) atoms. The fourth-order valence-corrected chi connectivity index (χ4v) is 3.04. The summed E-state index contributed by atoms with van der Waals surface area (Å²) in [5, 5.41) is 6.75. The number of rotatable bonds is 6. The normalized spacial score (nSPS) is 15.7. The highest BCUT2D eigenvalue weighted by Gasteiger charge is 2.10. The smallest absolute Gasteiger partial charge is 0.191 e. The Hall–Kier alpha value is -2.37. The van der Waals surface area contributed by atoms with E-state index in [0.29, 0.717) is 0 Å². The van der Waals surface area contributed by atoms with E-state index in [1.54, 1.807) is 7.05 Å². The van der Waals surface area contributed by atoms with Crippen molar-refractivity contribution in [3.05, 3.63) is 71.3 Å². The molecular formula is C21H28N4O. The average Bonchev–Trinajstić information content (AvgIpc) is 2.70. The van der Waals surface area contributed by atoms with E-state index in [4.69, 9.17) is 4.74 Å². The molecule has 2 N–H and O–H groups in total. The zero-order valence-corrected chi connectivity index (χ0v) is 15.4. The summed E-state index contributed by atoms with van der Waals surface area (Å²) in [7, 11) is 1.80. The van der Waals surface area contributed by atoms with Crippen molar-refractivity contribution in [1.82, 2.24) is 15.5 Å². The van der Waals surface area contributed by atoms with Crippen molar-refractivity contribution < 1.29 is 4.74 Å². The van der Waals surface area contributed by atoms with E-state index in [9.17, 15) is 0 Å². The molecule has 5 nitrogen and oxygen atoms in total. The second-order valence-electron chi connectivity index (χ2n) is 6.47. The molecule has 1 aliphatic heterocycles. The van der Waals surface area contributed by atoms with Gasteiger partial charge in [0, 0.05) is 39.8 Å². The largest absolute Gasteiger partial charge is 0.379 e. The van der Waals surface area contributed by atoms with Crippen molar-refractivity contribution in [1.29, 1.82) is 0 Å². The molecule has 1 saturated heterocycles. The summed E-state index contributed by atoms with van der Waals surface area (Å²) in [5.74, 6) is 0.812. The first-order chi connectivity index (χ1) is 12.8. The highest BCUT2D eigenvalue weighted by Crippen LogP contribution is 2.10. The molecule has 5 heteroatoms. The number of benzene rings is 2. The first kappa shape index (κ1) is 18.4. The Kier molecular flexibility index (Phi) is 7.05. The molecule has 1 fully saturated rings. The van der Waals surface area contributed by atoms with Gasteiger partial charge in [-0.15, -0.1) is 0 Å². The van der Waals surface area contributed by atoms with Gasteiger partial charge >= 0.3 is 0 Å². The maximum absolute atomic E-state index is 5.42. The Morgan fingerprint density at radius 2 is 1.58 bits per heavy atom.